The Kier molecular flexibility index (Phi) is 12.7. The molecule has 0 radical (unpaired) electrons. The van der Waals surface area contributed by atoms with Crippen molar-refractivity contribution < 1.29 is 87.0 Å². The summed E-state index contributed by atoms with van der Waals surface area (Å²) in [6.45, 7) is 7.34. The number of aryl methyl sites for hydroxylation is 1. The summed E-state index contributed by atoms with van der Waals surface area (Å²) in [5, 5.41) is 63.2. The number of aliphatic hydroxyl groups excluding tert-OH is 1. The topological polar surface area (TPSA) is 349 Å². The van der Waals surface area contributed by atoms with E-state index in [1.54, 1.807) is 0 Å². The third kappa shape index (κ3) is 8.21. The average Bonchev–Trinajstić information content (AvgIpc) is 3.33. The maximum absolute atomic E-state index is 14.5. The molecule has 24 nitrogen and oxygen atoms in total. The van der Waals surface area contributed by atoms with E-state index in [1.165, 1.54) is 80.0 Å². The number of phenols is 1. The predicted octanol–water partition coefficient (Wildman–Crippen LogP) is 3.34. The number of ether oxygens (including phenoxy) is 6. The number of Topliss-reactive ketones (excluding diaryl/α,β-unsaturated/α-hetero) is 4. The van der Waals surface area contributed by atoms with Crippen LogP contribution in [0.5, 0.6) is 28.7 Å². The highest BCUT2D eigenvalue weighted by molar-refractivity contribution is 6.31. The molecule has 5 heterocycles. The summed E-state index contributed by atoms with van der Waals surface area (Å²) in [4.78, 5) is 114. The van der Waals surface area contributed by atoms with Gasteiger partial charge in [0.25, 0.3) is 11.4 Å². The highest BCUT2D eigenvalue weighted by atomic mass is 16.7. The van der Waals surface area contributed by atoms with Gasteiger partial charge in [-0.2, -0.15) is 0 Å². The lowest BCUT2D eigenvalue weighted by atomic mass is 9.82. The molecule has 3 bridgehead atoms. The molecule has 0 unspecified atom stereocenters. The van der Waals surface area contributed by atoms with Crippen molar-refractivity contribution in [3.8, 4) is 28.7 Å². The van der Waals surface area contributed by atoms with Gasteiger partial charge >= 0.3 is 11.6 Å². The Morgan fingerprint density at radius 2 is 1.67 bits per heavy atom. The standard InChI is InChI=1S/C48H46N4O20/c1-17-11-19(3)40(39(59)42(60)48(6)16-49-30-36(56)23-12-18(2)34(54)29(33(17)53)28(23)38(58)41(30)72-48)71-46(63)32-37(57)26(69-27-15-47(5,52(64)65)43(67-8)20(4)68-27)14-24(50-32)44(61)51-31-35(55)22-10-9-21(66-7)13-25(22)70-45(31)62/h9-14,19-20,27,39-40,43,49,54-55,57,59H,15-16H2,1-8H3,(H,51,61)/b17-11-/t19-,20+,27+,39-,40+,43-,47-,48-/m0/s1. The van der Waals surface area contributed by atoms with E-state index < -0.39 is 163 Å². The number of aromatic nitrogens is 1. The summed E-state index contributed by atoms with van der Waals surface area (Å²) in [7, 11) is 2.59. The zero-order valence-electron chi connectivity index (χ0n) is 39.6. The van der Waals surface area contributed by atoms with Crippen LogP contribution >= 0.6 is 0 Å². The second kappa shape index (κ2) is 18.2. The Morgan fingerprint density at radius 1 is 0.958 bits per heavy atom. The molecule has 4 aromatic rings. The molecule has 2 aromatic heterocycles. The van der Waals surface area contributed by atoms with Gasteiger partial charge in [0.05, 0.1) is 42.7 Å². The lowest BCUT2D eigenvalue weighted by Crippen LogP contribution is -2.60. The SMILES string of the molecule is COc1ccc2c(O)c(NC(=O)c3cc(O[C@@H]4C[C@](C)([N+](=O)[O-])[C@@H](OC)[C@@H](C)O4)c(O)c(C(=O)O[C@H]4[C@H](O)C(=O)[C@]5(C)CNC6=C(O5)C(=O)c5c(cc(C)c(O)c5C(=O)/C(C)=C\[C@@H]4C)C6=O)n3)c(=O)oc2c1. The molecule has 1 saturated heterocycles. The van der Waals surface area contributed by atoms with Gasteiger partial charge in [-0.05, 0) is 57.0 Å². The Balaban J connectivity index is 1.22. The number of aliphatic hydroxyl groups is 1. The molecule has 6 N–H and O–H groups in total. The van der Waals surface area contributed by atoms with Crippen LogP contribution in [-0.4, -0.2) is 128 Å². The number of ketones is 4. The minimum Gasteiger partial charge on any atom is -0.507 e. The molecule has 2 aromatic carbocycles. The lowest BCUT2D eigenvalue weighted by molar-refractivity contribution is -0.593. The van der Waals surface area contributed by atoms with E-state index >= 15 is 0 Å². The van der Waals surface area contributed by atoms with E-state index in [-0.39, 0.29) is 39.1 Å². The number of rotatable bonds is 9. The highest BCUT2D eigenvalue weighted by Crippen LogP contribution is 2.42. The number of fused-ring (bicyclic) bond motifs is 2. The summed E-state index contributed by atoms with van der Waals surface area (Å²) in [5.41, 5.74) is -10.0. The maximum Gasteiger partial charge on any atom is 0.364 e. The van der Waals surface area contributed by atoms with E-state index in [0.717, 1.165) is 12.1 Å². The van der Waals surface area contributed by atoms with E-state index in [2.05, 4.69) is 15.6 Å². The van der Waals surface area contributed by atoms with Gasteiger partial charge in [0, 0.05) is 42.6 Å². The van der Waals surface area contributed by atoms with Gasteiger partial charge in [-0.3, -0.25) is 34.1 Å². The van der Waals surface area contributed by atoms with Gasteiger partial charge < -0.3 is 63.9 Å². The lowest BCUT2D eigenvalue weighted by Gasteiger charge is -2.40. The molecule has 378 valence electrons. The zero-order chi connectivity index (χ0) is 52.6. The molecular weight excluding hydrogens is 953 g/mol. The summed E-state index contributed by atoms with van der Waals surface area (Å²) in [6, 6.07) is 6.06. The number of allylic oxidation sites excluding steroid dienone is 3. The number of hydrogen-bond acceptors (Lipinski definition) is 22. The second-order valence-electron chi connectivity index (χ2n) is 18.1. The van der Waals surface area contributed by atoms with Crippen molar-refractivity contribution in [2.24, 2.45) is 5.92 Å². The van der Waals surface area contributed by atoms with Gasteiger partial charge in [0.2, 0.25) is 23.6 Å². The molecule has 4 aliphatic rings. The first-order valence-electron chi connectivity index (χ1n) is 22.0. The van der Waals surface area contributed by atoms with Crippen LogP contribution in [0.1, 0.15) is 98.7 Å². The number of nitro groups is 1. The molecule has 72 heavy (non-hydrogen) atoms. The molecule has 1 amide bonds. The number of nitrogens with one attached hydrogen (secondary N) is 2. The first-order valence-corrected chi connectivity index (χ1v) is 22.0. The molecule has 1 aliphatic carbocycles. The van der Waals surface area contributed by atoms with Crippen molar-refractivity contribution in [2.45, 2.75) is 89.8 Å². The van der Waals surface area contributed by atoms with Crippen LogP contribution in [0, 0.1) is 23.0 Å². The number of benzene rings is 2. The number of pyridine rings is 1. The molecule has 3 aliphatic heterocycles. The second-order valence-corrected chi connectivity index (χ2v) is 18.1. The van der Waals surface area contributed by atoms with Crippen molar-refractivity contribution in [3.05, 3.63) is 108 Å². The molecule has 24 heteroatoms. The third-order valence-corrected chi connectivity index (χ3v) is 13.1. The van der Waals surface area contributed by atoms with Gasteiger partial charge in [-0.15, -0.1) is 0 Å². The van der Waals surface area contributed by atoms with E-state index in [0.29, 0.717) is 0 Å². The quantitative estimate of drug-likeness (QED) is 0.0606. The van der Waals surface area contributed by atoms with Crippen LogP contribution in [-0.2, 0) is 23.7 Å². The number of carbonyl (C=O) groups is 6. The highest BCUT2D eigenvalue weighted by Gasteiger charge is 2.56. The number of methoxy groups -OCH3 is 2. The van der Waals surface area contributed by atoms with Crippen LogP contribution in [0.25, 0.3) is 11.0 Å². The van der Waals surface area contributed by atoms with Crippen molar-refractivity contribution in [1.82, 2.24) is 10.3 Å². The van der Waals surface area contributed by atoms with Crippen LogP contribution in [0.2, 0.25) is 0 Å². The third-order valence-electron chi connectivity index (χ3n) is 13.1. The molecule has 0 spiro atoms. The van der Waals surface area contributed by atoms with Crippen LogP contribution in [0.3, 0.4) is 0 Å². The van der Waals surface area contributed by atoms with Crippen LogP contribution in [0.4, 0.5) is 5.69 Å². The summed E-state index contributed by atoms with van der Waals surface area (Å²) in [6.07, 6.45) is -7.53. The van der Waals surface area contributed by atoms with E-state index in [4.69, 9.17) is 32.8 Å². The van der Waals surface area contributed by atoms with E-state index in [9.17, 15) is 64.1 Å². The first kappa shape index (κ1) is 50.2. The number of carbonyl (C=O) groups excluding carboxylic acids is 6. The smallest absolute Gasteiger partial charge is 0.364 e. The Morgan fingerprint density at radius 3 is 2.33 bits per heavy atom. The fraction of sp³-hybridized carbons (Fsp3) is 0.375. The van der Waals surface area contributed by atoms with Crippen LogP contribution < -0.4 is 25.7 Å². The van der Waals surface area contributed by atoms with Gasteiger partial charge in [-0.25, -0.2) is 14.6 Å². The van der Waals surface area contributed by atoms with E-state index in [1.807, 2.05) is 0 Å². The maximum atomic E-state index is 14.5. The summed E-state index contributed by atoms with van der Waals surface area (Å²) in [5.74, 6) is -12.1. The van der Waals surface area contributed by atoms with Gasteiger partial charge in [-0.1, -0.05) is 13.0 Å². The van der Waals surface area contributed by atoms with Crippen molar-refractivity contribution in [2.75, 3.05) is 26.1 Å². The fourth-order valence-electron chi connectivity index (χ4n) is 9.28. The number of nitrogens with zero attached hydrogens (tertiary/aromatic N) is 2. The number of phenolic OH excluding ortho intramolecular Hbond substituents is 1. The monoisotopic (exact) mass is 998 g/mol. The number of amides is 1. The summed E-state index contributed by atoms with van der Waals surface area (Å²) < 4.78 is 39.3. The van der Waals surface area contributed by atoms with Crippen LogP contribution in [0.15, 0.2) is 62.6 Å². The minimum absolute atomic E-state index is 0.0464. The van der Waals surface area contributed by atoms with Crippen molar-refractivity contribution >= 4 is 51.7 Å². The average molecular weight is 999 g/mol. The Bertz CT molecular complexity index is 3210. The summed E-state index contributed by atoms with van der Waals surface area (Å²) >= 11 is 0. The van der Waals surface area contributed by atoms with Gasteiger partial charge in [0.15, 0.2) is 58.0 Å². The molecule has 0 saturated carbocycles. The van der Waals surface area contributed by atoms with Crippen molar-refractivity contribution in [1.29, 1.82) is 0 Å². The fourth-order valence-corrected chi connectivity index (χ4v) is 9.28. The Hall–Kier alpha value is -8.22. The number of aromatic hydroxyl groups is 3. The number of hydrogen-bond donors (Lipinski definition) is 6. The molecular formula is C48H46N4O20. The molecule has 1 fully saturated rings. The number of esters is 1. The Labute approximate surface area is 406 Å². The minimum atomic E-state index is -2.40. The largest absolute Gasteiger partial charge is 0.507 e. The first-order chi connectivity index (χ1) is 33.8. The zero-order valence-corrected chi connectivity index (χ0v) is 39.6. The van der Waals surface area contributed by atoms with Crippen molar-refractivity contribution in [3.63, 3.8) is 0 Å². The van der Waals surface area contributed by atoms with Gasteiger partial charge in [0.1, 0.15) is 34.6 Å². The predicted molar refractivity (Wildman–Crippen MR) is 244 cm³/mol. The normalized spacial score (nSPS) is 26.8. The molecule has 8 rings (SSSR count). The molecule has 8 atom stereocenters. The number of anilines is 1.